The normalized spacial score (nSPS) is 19.5. The monoisotopic (exact) mass is 357 g/mol. The van der Waals surface area contributed by atoms with Gasteiger partial charge in [0.2, 0.25) is 0 Å². The van der Waals surface area contributed by atoms with Gasteiger partial charge in [0.25, 0.3) is 0 Å². The Labute approximate surface area is 159 Å². The Balaban J connectivity index is 1.98. The highest BCUT2D eigenvalue weighted by Crippen LogP contribution is 2.31. The molecule has 5 nitrogen and oxygen atoms in total. The van der Waals surface area contributed by atoms with E-state index in [2.05, 4.69) is 45.0 Å². The largest absolute Gasteiger partial charge is 0.404 e. The minimum atomic E-state index is -0.0782. The van der Waals surface area contributed by atoms with Gasteiger partial charge in [-0.05, 0) is 37.1 Å². The first-order chi connectivity index (χ1) is 13.2. The van der Waals surface area contributed by atoms with E-state index in [9.17, 15) is 0 Å². The number of rotatable bonds is 3. The van der Waals surface area contributed by atoms with Gasteiger partial charge >= 0.3 is 0 Å². The van der Waals surface area contributed by atoms with Gasteiger partial charge in [-0.3, -0.25) is 15.0 Å². The highest BCUT2D eigenvalue weighted by Gasteiger charge is 2.24. The predicted molar refractivity (Wildman–Crippen MR) is 111 cm³/mol. The first-order valence-electron chi connectivity index (χ1n) is 8.93. The highest BCUT2D eigenvalue weighted by atomic mass is 14.9. The minimum Gasteiger partial charge on any atom is -0.404 e. The summed E-state index contributed by atoms with van der Waals surface area (Å²) >= 11 is 0. The third-order valence-corrected chi connectivity index (χ3v) is 4.40. The second-order valence-corrected chi connectivity index (χ2v) is 6.20. The molecule has 1 aromatic carbocycles. The van der Waals surface area contributed by atoms with Crippen LogP contribution in [0, 0.1) is 11.8 Å². The number of benzene rings is 1. The number of pyridine rings is 1. The lowest BCUT2D eigenvalue weighted by Gasteiger charge is -2.23. The predicted octanol–water partition coefficient (Wildman–Crippen LogP) is 3.23. The molecule has 0 radical (unpaired) electrons. The summed E-state index contributed by atoms with van der Waals surface area (Å²) in [4.78, 5) is 13.5. The quantitative estimate of drug-likeness (QED) is 0.827. The third-order valence-electron chi connectivity index (χ3n) is 4.40. The zero-order valence-corrected chi connectivity index (χ0v) is 15.6. The minimum absolute atomic E-state index is 0.0782. The molecule has 136 valence electrons. The van der Waals surface area contributed by atoms with Crippen LogP contribution in [0.5, 0.6) is 0 Å². The van der Waals surface area contributed by atoms with Crippen LogP contribution in [-0.2, 0) is 0 Å². The van der Waals surface area contributed by atoms with E-state index >= 15 is 0 Å². The second kappa shape index (κ2) is 8.33. The van der Waals surface area contributed by atoms with Gasteiger partial charge in [-0.25, -0.2) is 0 Å². The van der Waals surface area contributed by atoms with E-state index in [-0.39, 0.29) is 6.04 Å². The fourth-order valence-electron chi connectivity index (χ4n) is 3.17. The molecule has 1 aliphatic rings. The van der Waals surface area contributed by atoms with Gasteiger partial charge in [0.15, 0.2) is 0 Å². The third kappa shape index (κ3) is 4.06. The van der Waals surface area contributed by atoms with Crippen LogP contribution in [0.25, 0.3) is 11.1 Å². The van der Waals surface area contributed by atoms with Gasteiger partial charge in [-0.1, -0.05) is 24.1 Å². The lowest BCUT2D eigenvalue weighted by atomic mass is 9.92. The van der Waals surface area contributed by atoms with Gasteiger partial charge in [0.1, 0.15) is 5.84 Å². The van der Waals surface area contributed by atoms with E-state index in [0.717, 1.165) is 33.5 Å². The van der Waals surface area contributed by atoms with Gasteiger partial charge in [-0.2, -0.15) is 0 Å². The fraction of sp³-hybridized carbons (Fsp3) is 0.227. The van der Waals surface area contributed by atoms with Crippen LogP contribution in [0.1, 0.15) is 37.4 Å². The lowest BCUT2D eigenvalue weighted by Crippen LogP contribution is -2.29. The fourth-order valence-corrected chi connectivity index (χ4v) is 3.17. The molecule has 0 fully saturated rings. The van der Waals surface area contributed by atoms with Gasteiger partial charge < -0.3 is 11.5 Å². The Morgan fingerprint density at radius 3 is 2.85 bits per heavy atom. The Hall–Kier alpha value is -3.39. The molecule has 0 aliphatic carbocycles. The Bertz CT molecular complexity index is 989. The molecular weight excluding hydrogens is 334 g/mol. The first-order valence-corrected chi connectivity index (χ1v) is 8.93. The molecule has 0 spiro atoms. The summed E-state index contributed by atoms with van der Waals surface area (Å²) in [6, 6.07) is 10.2. The van der Waals surface area contributed by atoms with Crippen molar-refractivity contribution in [2.24, 2.45) is 21.5 Å². The molecule has 1 aromatic heterocycles. The summed E-state index contributed by atoms with van der Waals surface area (Å²) < 4.78 is 0. The topological polar surface area (TPSA) is 89.6 Å². The number of nitrogens with two attached hydrogens (primary N) is 2. The maximum atomic E-state index is 6.14. The summed E-state index contributed by atoms with van der Waals surface area (Å²) in [7, 11) is 0. The van der Waals surface area contributed by atoms with Crippen LogP contribution >= 0.6 is 0 Å². The van der Waals surface area contributed by atoms with Crippen LogP contribution in [0.4, 0.5) is 0 Å². The molecule has 4 N–H and O–H groups in total. The van der Waals surface area contributed by atoms with E-state index in [1.54, 1.807) is 6.20 Å². The molecule has 27 heavy (non-hydrogen) atoms. The van der Waals surface area contributed by atoms with Crippen molar-refractivity contribution >= 4 is 11.5 Å². The number of aliphatic imine (C=N–C) groups is 2. The molecule has 0 saturated heterocycles. The molecule has 1 aliphatic heterocycles. The standard InChI is InChI=1S/C22H23N5/c1-3-6-15-9-18(14-25-13-15)16-7-5-8-17(10-16)20-11-21(26-4-2)19(12-23)22(24)27-20/h5,7-10,12-14,20H,4,11,23H2,1-2H3,(H2,24,27). The van der Waals surface area contributed by atoms with Crippen molar-refractivity contribution in [3.63, 3.8) is 0 Å². The average Bonchev–Trinajstić information content (AvgIpc) is 2.69. The molecular formula is C22H23N5. The number of amidine groups is 1. The summed E-state index contributed by atoms with van der Waals surface area (Å²) in [5.74, 6) is 6.39. The van der Waals surface area contributed by atoms with Crippen molar-refractivity contribution in [3.05, 3.63) is 65.6 Å². The van der Waals surface area contributed by atoms with E-state index in [1.807, 2.05) is 32.2 Å². The second-order valence-electron chi connectivity index (χ2n) is 6.20. The Morgan fingerprint density at radius 1 is 1.26 bits per heavy atom. The number of hydrogen-bond acceptors (Lipinski definition) is 5. The summed E-state index contributed by atoms with van der Waals surface area (Å²) in [5.41, 5.74) is 17.6. The number of aromatic nitrogens is 1. The molecule has 0 bridgehead atoms. The van der Waals surface area contributed by atoms with Crippen molar-refractivity contribution < 1.29 is 0 Å². The molecule has 3 rings (SSSR count). The van der Waals surface area contributed by atoms with Crippen molar-refractivity contribution in [3.8, 4) is 23.0 Å². The number of hydrogen-bond donors (Lipinski definition) is 2. The average molecular weight is 357 g/mol. The van der Waals surface area contributed by atoms with Crippen molar-refractivity contribution in [2.45, 2.75) is 26.3 Å². The zero-order valence-electron chi connectivity index (χ0n) is 15.6. The molecule has 0 saturated carbocycles. The van der Waals surface area contributed by atoms with E-state index in [1.165, 1.54) is 6.20 Å². The van der Waals surface area contributed by atoms with Crippen LogP contribution in [0.2, 0.25) is 0 Å². The molecule has 2 heterocycles. The highest BCUT2D eigenvalue weighted by molar-refractivity contribution is 6.24. The summed E-state index contributed by atoms with van der Waals surface area (Å²) in [5, 5.41) is 0. The van der Waals surface area contributed by atoms with Crippen LogP contribution < -0.4 is 11.5 Å². The van der Waals surface area contributed by atoms with Gasteiger partial charge in [-0.15, -0.1) is 5.92 Å². The van der Waals surface area contributed by atoms with Crippen LogP contribution in [0.15, 0.2) is 64.5 Å². The maximum absolute atomic E-state index is 6.14. The molecule has 2 aromatic rings. The smallest absolute Gasteiger partial charge is 0.129 e. The van der Waals surface area contributed by atoms with Crippen molar-refractivity contribution in [1.29, 1.82) is 0 Å². The molecule has 1 unspecified atom stereocenters. The van der Waals surface area contributed by atoms with E-state index < -0.39 is 0 Å². The van der Waals surface area contributed by atoms with Crippen LogP contribution in [-0.4, -0.2) is 23.1 Å². The SMILES string of the molecule is CC#Cc1cncc(-c2cccc(C3CC(=NCC)C(=CN)C(N)=N3)c2)c1. The van der Waals surface area contributed by atoms with Gasteiger partial charge in [0, 0.05) is 48.4 Å². The van der Waals surface area contributed by atoms with Crippen molar-refractivity contribution in [2.75, 3.05) is 6.54 Å². The Morgan fingerprint density at radius 2 is 2.11 bits per heavy atom. The van der Waals surface area contributed by atoms with E-state index in [4.69, 9.17) is 11.5 Å². The number of nitrogens with zero attached hydrogens (tertiary/aromatic N) is 3. The Kier molecular flexibility index (Phi) is 5.68. The van der Waals surface area contributed by atoms with E-state index in [0.29, 0.717) is 18.8 Å². The summed E-state index contributed by atoms with van der Waals surface area (Å²) in [6.45, 7) is 4.50. The molecule has 1 atom stereocenters. The van der Waals surface area contributed by atoms with Crippen molar-refractivity contribution in [1.82, 2.24) is 4.98 Å². The van der Waals surface area contributed by atoms with Crippen LogP contribution in [0.3, 0.4) is 0 Å². The lowest BCUT2D eigenvalue weighted by molar-refractivity contribution is 0.751. The van der Waals surface area contributed by atoms with Gasteiger partial charge in [0.05, 0.1) is 11.6 Å². The molecule has 5 heteroatoms. The summed E-state index contributed by atoms with van der Waals surface area (Å²) in [6.07, 6.45) is 5.79. The molecule has 0 amide bonds. The zero-order chi connectivity index (χ0) is 19.2. The maximum Gasteiger partial charge on any atom is 0.129 e. The first kappa shape index (κ1) is 18.4.